The Morgan fingerprint density at radius 2 is 1.74 bits per heavy atom. The van der Waals surface area contributed by atoms with Gasteiger partial charge in [-0.2, -0.15) is 0 Å². The van der Waals surface area contributed by atoms with Gasteiger partial charge in [-0.3, -0.25) is 14.6 Å². The number of amides is 2. The van der Waals surface area contributed by atoms with Crippen molar-refractivity contribution in [3.05, 3.63) is 59.7 Å². The van der Waals surface area contributed by atoms with E-state index in [9.17, 15) is 14.0 Å². The molecule has 0 spiro atoms. The summed E-state index contributed by atoms with van der Waals surface area (Å²) < 4.78 is 13.9. The number of carbonyl (C=O) groups is 2. The number of hydrogen-bond acceptors (Lipinski definition) is 4. The Hall–Kier alpha value is -2.96. The fourth-order valence-corrected chi connectivity index (χ4v) is 3.22. The van der Waals surface area contributed by atoms with Gasteiger partial charge in [0.2, 0.25) is 0 Å². The van der Waals surface area contributed by atoms with Crippen molar-refractivity contribution in [2.75, 3.05) is 31.1 Å². The van der Waals surface area contributed by atoms with Gasteiger partial charge in [0.05, 0.1) is 16.8 Å². The Bertz CT molecular complexity index is 861. The van der Waals surface area contributed by atoms with Crippen molar-refractivity contribution in [3.63, 3.8) is 0 Å². The number of anilines is 1. The minimum Gasteiger partial charge on any atom is -0.366 e. The minimum absolute atomic E-state index is 0.156. The molecule has 2 heterocycles. The molecule has 1 aromatic carbocycles. The average molecular weight is 368 g/mol. The zero-order chi connectivity index (χ0) is 18.8. The van der Waals surface area contributed by atoms with Gasteiger partial charge in [0.15, 0.2) is 0 Å². The van der Waals surface area contributed by atoms with Gasteiger partial charge in [-0.1, -0.05) is 12.1 Å². The van der Waals surface area contributed by atoms with E-state index in [4.69, 9.17) is 0 Å². The number of carbonyl (C=O) groups excluding carboxylic acids is 2. The van der Waals surface area contributed by atoms with Crippen LogP contribution in [-0.2, 0) is 0 Å². The van der Waals surface area contributed by atoms with Gasteiger partial charge >= 0.3 is 0 Å². The fourth-order valence-electron chi connectivity index (χ4n) is 3.22. The maximum atomic E-state index is 13.9. The summed E-state index contributed by atoms with van der Waals surface area (Å²) in [5.74, 6) is -0.600. The lowest BCUT2D eigenvalue weighted by Gasteiger charge is -2.36. The molecule has 0 bridgehead atoms. The van der Waals surface area contributed by atoms with Crippen molar-refractivity contribution < 1.29 is 14.0 Å². The van der Waals surface area contributed by atoms with Gasteiger partial charge < -0.3 is 15.1 Å². The molecule has 1 aliphatic heterocycles. The Morgan fingerprint density at radius 3 is 2.44 bits per heavy atom. The normalized spacial score (nSPS) is 16.9. The molecule has 2 aliphatic rings. The van der Waals surface area contributed by atoms with E-state index < -0.39 is 0 Å². The predicted octanol–water partition coefficient (Wildman–Crippen LogP) is 2.08. The second kappa shape index (κ2) is 7.34. The van der Waals surface area contributed by atoms with E-state index >= 15 is 0 Å². The standard InChI is InChI=1S/C20H21FN4O2/c21-17-3-1-2-4-18(17)24-7-9-25(10-8-24)20(27)15-11-14(12-22-13-15)19(26)23-16-5-6-16/h1-4,11-13,16H,5-10H2,(H,23,26). The number of rotatable bonds is 4. The van der Waals surface area contributed by atoms with Gasteiger partial charge in [-0.05, 0) is 31.0 Å². The van der Waals surface area contributed by atoms with E-state index in [0.29, 0.717) is 43.0 Å². The molecule has 140 valence electrons. The number of nitrogens with one attached hydrogen (secondary N) is 1. The van der Waals surface area contributed by atoms with Crippen LogP contribution in [0.15, 0.2) is 42.7 Å². The van der Waals surface area contributed by atoms with Crippen LogP contribution in [0.4, 0.5) is 10.1 Å². The molecule has 2 fully saturated rings. The van der Waals surface area contributed by atoms with Gasteiger partial charge in [0, 0.05) is 44.6 Å². The molecule has 1 saturated heterocycles. The summed E-state index contributed by atoms with van der Waals surface area (Å²) in [4.78, 5) is 32.7. The zero-order valence-corrected chi connectivity index (χ0v) is 14.9. The zero-order valence-electron chi connectivity index (χ0n) is 14.9. The SMILES string of the molecule is O=C(NC1CC1)c1cncc(C(=O)N2CCN(c3ccccc3F)CC2)c1. The highest BCUT2D eigenvalue weighted by Gasteiger charge is 2.26. The van der Waals surface area contributed by atoms with Gasteiger partial charge in [0.25, 0.3) is 11.8 Å². The van der Waals surface area contributed by atoms with Crippen LogP contribution in [0.3, 0.4) is 0 Å². The number of aromatic nitrogens is 1. The highest BCUT2D eigenvalue weighted by atomic mass is 19.1. The third-order valence-electron chi connectivity index (χ3n) is 4.92. The number of para-hydroxylation sites is 1. The third kappa shape index (κ3) is 3.92. The Labute approximate surface area is 157 Å². The number of pyridine rings is 1. The first kappa shape index (κ1) is 17.5. The number of piperazine rings is 1. The molecule has 1 saturated carbocycles. The summed E-state index contributed by atoms with van der Waals surface area (Å²) in [6.07, 6.45) is 4.97. The molecule has 0 atom stereocenters. The lowest BCUT2D eigenvalue weighted by molar-refractivity contribution is 0.0746. The third-order valence-corrected chi connectivity index (χ3v) is 4.92. The first-order valence-electron chi connectivity index (χ1n) is 9.16. The minimum atomic E-state index is -0.254. The summed E-state index contributed by atoms with van der Waals surface area (Å²) in [6.45, 7) is 2.10. The molecule has 27 heavy (non-hydrogen) atoms. The topological polar surface area (TPSA) is 65.5 Å². The van der Waals surface area contributed by atoms with Crippen LogP contribution in [0.25, 0.3) is 0 Å². The lowest BCUT2D eigenvalue weighted by atomic mass is 10.1. The van der Waals surface area contributed by atoms with Crippen molar-refractivity contribution in [2.24, 2.45) is 0 Å². The quantitative estimate of drug-likeness (QED) is 0.897. The molecular formula is C20H21FN4O2. The van der Waals surface area contributed by atoms with E-state index in [-0.39, 0.29) is 23.7 Å². The van der Waals surface area contributed by atoms with Crippen LogP contribution in [0.2, 0.25) is 0 Å². The summed E-state index contributed by atoms with van der Waals surface area (Å²) in [5, 5.41) is 2.90. The molecule has 2 aromatic rings. The maximum Gasteiger partial charge on any atom is 0.255 e. The Kier molecular flexibility index (Phi) is 4.75. The van der Waals surface area contributed by atoms with E-state index in [1.165, 1.54) is 18.5 Å². The number of nitrogens with zero attached hydrogens (tertiary/aromatic N) is 3. The Balaban J connectivity index is 1.40. The molecule has 2 amide bonds. The number of halogens is 1. The predicted molar refractivity (Wildman–Crippen MR) is 99.2 cm³/mol. The Morgan fingerprint density at radius 1 is 1.04 bits per heavy atom. The van der Waals surface area contributed by atoms with E-state index in [1.807, 2.05) is 4.90 Å². The van der Waals surface area contributed by atoms with Crippen molar-refractivity contribution >= 4 is 17.5 Å². The first-order chi connectivity index (χ1) is 13.1. The van der Waals surface area contributed by atoms with Crippen LogP contribution in [-0.4, -0.2) is 53.9 Å². The van der Waals surface area contributed by atoms with Crippen molar-refractivity contribution in [3.8, 4) is 0 Å². The highest BCUT2D eigenvalue weighted by molar-refractivity contribution is 5.99. The maximum absolute atomic E-state index is 13.9. The lowest BCUT2D eigenvalue weighted by Crippen LogP contribution is -2.49. The van der Waals surface area contributed by atoms with Gasteiger partial charge in [-0.15, -0.1) is 0 Å². The van der Waals surface area contributed by atoms with Crippen molar-refractivity contribution in [2.45, 2.75) is 18.9 Å². The van der Waals surface area contributed by atoms with E-state index in [1.54, 1.807) is 29.2 Å². The molecule has 4 rings (SSSR count). The van der Waals surface area contributed by atoms with Crippen LogP contribution < -0.4 is 10.2 Å². The fraction of sp³-hybridized carbons (Fsp3) is 0.350. The number of benzene rings is 1. The second-order valence-corrected chi connectivity index (χ2v) is 6.94. The van der Waals surface area contributed by atoms with Crippen LogP contribution >= 0.6 is 0 Å². The summed E-state index contributed by atoms with van der Waals surface area (Å²) in [7, 11) is 0. The second-order valence-electron chi connectivity index (χ2n) is 6.94. The van der Waals surface area contributed by atoms with Gasteiger partial charge in [0.1, 0.15) is 5.82 Å². The molecule has 0 radical (unpaired) electrons. The largest absolute Gasteiger partial charge is 0.366 e. The molecular weight excluding hydrogens is 347 g/mol. The highest BCUT2D eigenvalue weighted by Crippen LogP contribution is 2.21. The van der Waals surface area contributed by atoms with E-state index in [0.717, 1.165) is 12.8 Å². The molecule has 0 unspecified atom stereocenters. The van der Waals surface area contributed by atoms with Crippen molar-refractivity contribution in [1.82, 2.24) is 15.2 Å². The molecule has 1 aliphatic carbocycles. The van der Waals surface area contributed by atoms with Crippen LogP contribution in [0.1, 0.15) is 33.6 Å². The average Bonchev–Trinajstić information content (AvgIpc) is 3.52. The smallest absolute Gasteiger partial charge is 0.255 e. The van der Waals surface area contributed by atoms with Crippen molar-refractivity contribution in [1.29, 1.82) is 0 Å². The van der Waals surface area contributed by atoms with Crippen LogP contribution in [0, 0.1) is 5.82 Å². The van der Waals surface area contributed by atoms with Gasteiger partial charge in [-0.25, -0.2) is 4.39 Å². The summed E-state index contributed by atoms with van der Waals surface area (Å²) in [5.41, 5.74) is 1.36. The molecule has 6 nitrogen and oxygen atoms in total. The summed E-state index contributed by atoms with van der Waals surface area (Å²) in [6, 6.07) is 8.51. The number of hydrogen-bond donors (Lipinski definition) is 1. The monoisotopic (exact) mass is 368 g/mol. The molecule has 1 N–H and O–H groups in total. The molecule has 1 aromatic heterocycles. The van der Waals surface area contributed by atoms with Crippen LogP contribution in [0.5, 0.6) is 0 Å². The van der Waals surface area contributed by atoms with E-state index in [2.05, 4.69) is 10.3 Å². The first-order valence-corrected chi connectivity index (χ1v) is 9.16. The molecule has 7 heteroatoms. The summed E-state index contributed by atoms with van der Waals surface area (Å²) >= 11 is 0.